The molecule has 1 aromatic rings. The monoisotopic (exact) mass is 225 g/mol. The first-order valence-corrected chi connectivity index (χ1v) is 4.59. The molecule has 62 valence electrons. The van der Waals surface area contributed by atoms with E-state index in [1.165, 1.54) is 0 Å². The quantitative estimate of drug-likeness (QED) is 0.578. The van der Waals surface area contributed by atoms with Gasteiger partial charge in [0.2, 0.25) is 0 Å². The van der Waals surface area contributed by atoms with Crippen molar-refractivity contribution in [1.29, 1.82) is 0 Å². The van der Waals surface area contributed by atoms with Gasteiger partial charge in [0.1, 0.15) is 5.69 Å². The van der Waals surface area contributed by atoms with Crippen molar-refractivity contribution >= 4 is 15.9 Å². The van der Waals surface area contributed by atoms with E-state index in [0.29, 0.717) is 5.33 Å². The molecule has 0 aliphatic heterocycles. The lowest BCUT2D eigenvalue weighted by molar-refractivity contribution is 0.281. The molecule has 0 saturated carbocycles. The predicted molar refractivity (Wildman–Crippen MR) is 50.8 cm³/mol. The van der Waals surface area contributed by atoms with Crippen molar-refractivity contribution in [2.45, 2.75) is 6.61 Å². The molecule has 0 spiro atoms. The van der Waals surface area contributed by atoms with Gasteiger partial charge in [0, 0.05) is 6.20 Å². The Balaban J connectivity index is 2.78. The Morgan fingerprint density at radius 3 is 2.83 bits per heavy atom. The average molecular weight is 226 g/mol. The van der Waals surface area contributed by atoms with Crippen LogP contribution in [0.25, 0.3) is 0 Å². The van der Waals surface area contributed by atoms with Crippen molar-refractivity contribution in [3.05, 3.63) is 29.6 Å². The Labute approximate surface area is 79.8 Å². The molecule has 0 fully saturated rings. The van der Waals surface area contributed by atoms with Gasteiger partial charge in [-0.2, -0.15) is 0 Å². The van der Waals surface area contributed by atoms with E-state index in [9.17, 15) is 0 Å². The van der Waals surface area contributed by atoms with Crippen LogP contribution in [0.3, 0.4) is 0 Å². The van der Waals surface area contributed by atoms with Crippen LogP contribution in [0.1, 0.15) is 11.3 Å². The maximum atomic E-state index is 8.72. The van der Waals surface area contributed by atoms with Gasteiger partial charge in [-0.05, 0) is 17.6 Å². The first-order chi connectivity index (χ1) is 5.86. The van der Waals surface area contributed by atoms with E-state index in [-0.39, 0.29) is 6.61 Å². The molecular formula is C9H8BrNO. The summed E-state index contributed by atoms with van der Waals surface area (Å²) in [5, 5.41) is 9.37. The number of hydrogen-bond donors (Lipinski definition) is 1. The minimum Gasteiger partial charge on any atom is -0.392 e. The highest BCUT2D eigenvalue weighted by Crippen LogP contribution is 1.98. The minimum absolute atomic E-state index is 0.0269. The van der Waals surface area contributed by atoms with Crippen LogP contribution in [0.2, 0.25) is 0 Å². The maximum absolute atomic E-state index is 8.72. The zero-order chi connectivity index (χ0) is 8.81. The van der Waals surface area contributed by atoms with E-state index in [1.807, 2.05) is 6.07 Å². The molecule has 1 rings (SSSR count). The summed E-state index contributed by atoms with van der Waals surface area (Å²) in [5.74, 6) is 5.70. The largest absolute Gasteiger partial charge is 0.392 e. The second-order valence-corrected chi connectivity index (χ2v) is 2.71. The lowest BCUT2D eigenvalue weighted by Crippen LogP contribution is -1.87. The molecule has 0 unspecified atom stereocenters. The van der Waals surface area contributed by atoms with Crippen molar-refractivity contribution in [2.75, 3.05) is 5.33 Å². The van der Waals surface area contributed by atoms with Crippen LogP contribution in [-0.2, 0) is 6.61 Å². The summed E-state index contributed by atoms with van der Waals surface area (Å²) in [4.78, 5) is 4.03. The summed E-state index contributed by atoms with van der Waals surface area (Å²) in [6.07, 6.45) is 1.62. The highest BCUT2D eigenvalue weighted by molar-refractivity contribution is 9.09. The fraction of sp³-hybridized carbons (Fsp3) is 0.222. The molecular weight excluding hydrogens is 218 g/mol. The van der Waals surface area contributed by atoms with Crippen molar-refractivity contribution < 1.29 is 5.11 Å². The van der Waals surface area contributed by atoms with Gasteiger partial charge in [0.15, 0.2) is 0 Å². The molecule has 3 heteroatoms. The van der Waals surface area contributed by atoms with Gasteiger partial charge in [0.25, 0.3) is 0 Å². The number of rotatable bonds is 1. The predicted octanol–water partition coefficient (Wildman–Crippen LogP) is 1.32. The second kappa shape index (κ2) is 4.91. The highest BCUT2D eigenvalue weighted by atomic mass is 79.9. The number of pyridine rings is 1. The summed E-state index contributed by atoms with van der Waals surface area (Å²) < 4.78 is 0. The van der Waals surface area contributed by atoms with E-state index < -0.39 is 0 Å². The Morgan fingerprint density at radius 2 is 2.33 bits per heavy atom. The summed E-state index contributed by atoms with van der Waals surface area (Å²) in [7, 11) is 0. The Kier molecular flexibility index (Phi) is 3.78. The molecule has 2 nitrogen and oxygen atoms in total. The fourth-order valence-corrected chi connectivity index (χ4v) is 0.856. The normalized spacial score (nSPS) is 8.83. The van der Waals surface area contributed by atoms with Gasteiger partial charge in [-0.3, -0.25) is 0 Å². The standard InChI is InChI=1S/C9H8BrNO/c10-5-1-2-9-4-3-8(7-12)6-11-9/h3-4,6,12H,5,7H2. The van der Waals surface area contributed by atoms with Gasteiger partial charge >= 0.3 is 0 Å². The van der Waals surface area contributed by atoms with Crippen LogP contribution in [0, 0.1) is 11.8 Å². The molecule has 12 heavy (non-hydrogen) atoms. The van der Waals surface area contributed by atoms with Crippen LogP contribution >= 0.6 is 15.9 Å². The third-order valence-electron chi connectivity index (χ3n) is 1.29. The van der Waals surface area contributed by atoms with Crippen LogP contribution in [-0.4, -0.2) is 15.4 Å². The summed E-state index contributed by atoms with van der Waals surface area (Å²) in [6, 6.07) is 3.60. The topological polar surface area (TPSA) is 33.1 Å². The number of aliphatic hydroxyl groups is 1. The van der Waals surface area contributed by atoms with E-state index >= 15 is 0 Å². The van der Waals surface area contributed by atoms with Crippen LogP contribution < -0.4 is 0 Å². The van der Waals surface area contributed by atoms with Gasteiger partial charge in [0.05, 0.1) is 11.9 Å². The molecule has 0 aromatic carbocycles. The molecule has 0 atom stereocenters. The van der Waals surface area contributed by atoms with E-state index in [2.05, 4.69) is 32.8 Å². The summed E-state index contributed by atoms with van der Waals surface area (Å²) >= 11 is 3.19. The first-order valence-electron chi connectivity index (χ1n) is 3.47. The lowest BCUT2D eigenvalue weighted by atomic mass is 10.2. The van der Waals surface area contributed by atoms with Gasteiger partial charge in [-0.15, -0.1) is 0 Å². The Hall–Kier alpha value is -0.850. The number of hydrogen-bond acceptors (Lipinski definition) is 2. The van der Waals surface area contributed by atoms with Crippen molar-refractivity contribution in [2.24, 2.45) is 0 Å². The van der Waals surface area contributed by atoms with E-state index in [0.717, 1.165) is 11.3 Å². The molecule has 0 amide bonds. The second-order valence-electron chi connectivity index (χ2n) is 2.15. The van der Waals surface area contributed by atoms with Crippen molar-refractivity contribution in [3.63, 3.8) is 0 Å². The maximum Gasteiger partial charge on any atom is 0.113 e. The zero-order valence-corrected chi connectivity index (χ0v) is 8.00. The van der Waals surface area contributed by atoms with Crippen LogP contribution in [0.15, 0.2) is 18.3 Å². The number of aliphatic hydroxyl groups excluding tert-OH is 1. The van der Waals surface area contributed by atoms with Crippen molar-refractivity contribution in [1.82, 2.24) is 4.98 Å². The number of nitrogens with zero attached hydrogens (tertiary/aromatic N) is 1. The van der Waals surface area contributed by atoms with Crippen molar-refractivity contribution in [3.8, 4) is 11.8 Å². The third kappa shape index (κ3) is 2.65. The van der Waals surface area contributed by atoms with Gasteiger partial charge < -0.3 is 5.11 Å². The highest BCUT2D eigenvalue weighted by Gasteiger charge is 1.89. The molecule has 0 bridgehead atoms. The molecule has 0 radical (unpaired) electrons. The molecule has 1 heterocycles. The molecule has 0 aliphatic carbocycles. The number of halogens is 1. The molecule has 1 N–H and O–H groups in total. The molecule has 0 aliphatic rings. The molecule has 0 saturated heterocycles. The SMILES string of the molecule is OCc1ccc(C#CCBr)nc1. The summed E-state index contributed by atoms with van der Waals surface area (Å²) in [5.41, 5.74) is 1.53. The van der Waals surface area contributed by atoms with E-state index in [1.54, 1.807) is 12.3 Å². The Bertz CT molecular complexity index is 297. The first kappa shape index (κ1) is 9.24. The average Bonchev–Trinajstić information content (AvgIpc) is 2.15. The van der Waals surface area contributed by atoms with Gasteiger partial charge in [-0.1, -0.05) is 27.9 Å². The van der Waals surface area contributed by atoms with Crippen LogP contribution in [0.4, 0.5) is 0 Å². The Morgan fingerprint density at radius 1 is 1.50 bits per heavy atom. The third-order valence-corrected chi connectivity index (χ3v) is 1.57. The summed E-state index contributed by atoms with van der Waals surface area (Å²) in [6.45, 7) is 0.0269. The minimum atomic E-state index is 0.0269. The van der Waals surface area contributed by atoms with Crippen LogP contribution in [0.5, 0.6) is 0 Å². The zero-order valence-electron chi connectivity index (χ0n) is 6.42. The number of aromatic nitrogens is 1. The van der Waals surface area contributed by atoms with E-state index in [4.69, 9.17) is 5.11 Å². The number of alkyl halides is 1. The molecule has 1 aromatic heterocycles. The lowest BCUT2D eigenvalue weighted by Gasteiger charge is -1.93. The fourth-order valence-electron chi connectivity index (χ4n) is 0.716. The van der Waals surface area contributed by atoms with Gasteiger partial charge in [-0.25, -0.2) is 4.98 Å². The smallest absolute Gasteiger partial charge is 0.113 e.